The van der Waals surface area contributed by atoms with Gasteiger partial charge >= 0.3 is 0 Å². The van der Waals surface area contributed by atoms with Crippen LogP contribution in [0, 0.1) is 0 Å². The van der Waals surface area contributed by atoms with Crippen LogP contribution in [0.3, 0.4) is 0 Å². The van der Waals surface area contributed by atoms with Crippen molar-refractivity contribution < 1.29 is 22.7 Å². The summed E-state index contributed by atoms with van der Waals surface area (Å²) in [5.41, 5.74) is 1.12. The number of thiazole rings is 1. The van der Waals surface area contributed by atoms with Gasteiger partial charge in [0.2, 0.25) is 10.0 Å². The summed E-state index contributed by atoms with van der Waals surface area (Å²) in [5, 5.41) is 5.20. The second-order valence-corrected chi connectivity index (χ2v) is 11.3. The number of morpholine rings is 1. The molecule has 2 saturated heterocycles. The molecule has 0 unspecified atom stereocenters. The van der Waals surface area contributed by atoms with Crippen LogP contribution in [0.15, 0.2) is 28.5 Å². The van der Waals surface area contributed by atoms with Crippen molar-refractivity contribution in [3.05, 3.63) is 34.8 Å². The predicted octanol–water partition coefficient (Wildman–Crippen LogP) is 2.80. The first-order chi connectivity index (χ1) is 15.8. The Balaban J connectivity index is 1.47. The van der Waals surface area contributed by atoms with Gasteiger partial charge in [-0.3, -0.25) is 15.0 Å². The van der Waals surface area contributed by atoms with Crippen molar-refractivity contribution in [1.29, 1.82) is 0 Å². The van der Waals surface area contributed by atoms with E-state index in [0.717, 1.165) is 31.6 Å². The van der Waals surface area contributed by atoms with Gasteiger partial charge in [0.05, 0.1) is 25.0 Å². The Bertz CT molecular complexity index is 1090. The highest BCUT2D eigenvalue weighted by atomic mass is 32.2. The number of sulfonamides is 1. The Kier molecular flexibility index (Phi) is 7.34. The first kappa shape index (κ1) is 24.1. The molecule has 1 N–H and O–H groups in total. The molecule has 2 atom stereocenters. The van der Waals surface area contributed by atoms with Crippen LogP contribution in [0.4, 0.5) is 5.13 Å². The van der Waals surface area contributed by atoms with E-state index in [9.17, 15) is 13.2 Å². The van der Waals surface area contributed by atoms with Crippen molar-refractivity contribution in [2.24, 2.45) is 0 Å². The maximum absolute atomic E-state index is 13.1. The maximum Gasteiger partial charge on any atom is 0.257 e. The Morgan fingerprint density at radius 1 is 1.24 bits per heavy atom. The summed E-state index contributed by atoms with van der Waals surface area (Å²) in [5.74, 6) is -0.186. The van der Waals surface area contributed by atoms with Crippen molar-refractivity contribution in [3.63, 3.8) is 0 Å². The standard InChI is InChI=1S/C22H30N4O5S2/c1-15-11-25(12-16(2)31-15)13-18-14-32-22(23-18)24-21(27)17-6-7-19(30-3)20(10-17)33(28,29)26-8-4-5-9-26/h6-7,10,14-16H,4-5,8-9,11-13H2,1-3H3,(H,23,24,27)/t15-,16+. The Hall–Kier alpha value is -2.05. The smallest absolute Gasteiger partial charge is 0.257 e. The number of hydrogen-bond donors (Lipinski definition) is 1. The Morgan fingerprint density at radius 3 is 2.61 bits per heavy atom. The highest BCUT2D eigenvalue weighted by molar-refractivity contribution is 7.89. The molecule has 3 heterocycles. The maximum atomic E-state index is 13.1. The van der Waals surface area contributed by atoms with Gasteiger partial charge in [-0.1, -0.05) is 0 Å². The number of amides is 1. The first-order valence-corrected chi connectivity index (χ1v) is 13.4. The topological polar surface area (TPSA) is 101 Å². The second kappa shape index (κ2) is 10.1. The number of ether oxygens (including phenoxy) is 2. The van der Waals surface area contributed by atoms with E-state index in [1.54, 1.807) is 6.07 Å². The number of carbonyl (C=O) groups excluding carboxylic acids is 1. The van der Waals surface area contributed by atoms with Crippen molar-refractivity contribution in [2.75, 3.05) is 38.6 Å². The minimum atomic E-state index is -3.73. The van der Waals surface area contributed by atoms with E-state index in [1.807, 2.05) is 5.38 Å². The molecule has 2 aliphatic rings. The van der Waals surface area contributed by atoms with Crippen molar-refractivity contribution >= 4 is 32.4 Å². The zero-order chi connectivity index (χ0) is 23.6. The van der Waals surface area contributed by atoms with E-state index < -0.39 is 15.9 Å². The molecule has 0 radical (unpaired) electrons. The van der Waals surface area contributed by atoms with E-state index in [1.165, 1.54) is 34.9 Å². The minimum absolute atomic E-state index is 0.00920. The van der Waals surface area contributed by atoms with Gasteiger partial charge in [0.25, 0.3) is 5.91 Å². The third-order valence-electron chi connectivity index (χ3n) is 5.76. The molecule has 1 aromatic heterocycles. The van der Waals surface area contributed by atoms with Gasteiger partial charge < -0.3 is 9.47 Å². The van der Waals surface area contributed by atoms with E-state index in [0.29, 0.717) is 24.8 Å². The molecule has 0 bridgehead atoms. The summed E-state index contributed by atoms with van der Waals surface area (Å²) >= 11 is 1.35. The lowest BCUT2D eigenvalue weighted by atomic mass is 10.2. The van der Waals surface area contributed by atoms with Crippen LogP contribution >= 0.6 is 11.3 Å². The molecule has 0 saturated carbocycles. The quantitative estimate of drug-likeness (QED) is 0.632. The van der Waals surface area contributed by atoms with Crippen LogP contribution in [0.25, 0.3) is 0 Å². The average Bonchev–Trinajstić information content (AvgIpc) is 3.45. The van der Waals surface area contributed by atoms with Crippen molar-refractivity contribution in [3.8, 4) is 5.75 Å². The van der Waals surface area contributed by atoms with Gasteiger partial charge in [-0.2, -0.15) is 4.31 Å². The summed E-state index contributed by atoms with van der Waals surface area (Å²) in [6.45, 7) is 7.43. The SMILES string of the molecule is COc1ccc(C(=O)Nc2nc(CN3C[C@@H](C)O[C@@H](C)C3)cs2)cc1S(=O)(=O)N1CCCC1. The van der Waals surface area contributed by atoms with Gasteiger partial charge in [0.15, 0.2) is 5.13 Å². The van der Waals surface area contributed by atoms with Crippen LogP contribution in [-0.2, 0) is 21.3 Å². The highest BCUT2D eigenvalue weighted by Gasteiger charge is 2.31. The molecule has 9 nitrogen and oxygen atoms in total. The van der Waals surface area contributed by atoms with E-state index in [2.05, 4.69) is 29.0 Å². The molecule has 4 rings (SSSR count). The number of nitrogens with zero attached hydrogens (tertiary/aromatic N) is 3. The monoisotopic (exact) mass is 494 g/mol. The summed E-state index contributed by atoms with van der Waals surface area (Å²) in [6, 6.07) is 4.46. The third-order valence-corrected chi connectivity index (χ3v) is 8.49. The summed E-state index contributed by atoms with van der Waals surface area (Å²) in [6.07, 6.45) is 2.01. The molecule has 33 heavy (non-hydrogen) atoms. The molecule has 0 aliphatic carbocycles. The van der Waals surface area contributed by atoms with Crippen LogP contribution in [-0.4, -0.2) is 74.0 Å². The van der Waals surface area contributed by atoms with Crippen molar-refractivity contribution in [2.45, 2.75) is 50.3 Å². The van der Waals surface area contributed by atoms with Gasteiger partial charge in [-0.25, -0.2) is 13.4 Å². The number of carbonyl (C=O) groups is 1. The zero-order valence-corrected chi connectivity index (χ0v) is 20.7. The largest absolute Gasteiger partial charge is 0.495 e. The number of benzene rings is 1. The fourth-order valence-corrected chi connectivity index (χ4v) is 6.73. The second-order valence-electron chi connectivity index (χ2n) is 8.53. The van der Waals surface area contributed by atoms with Crippen LogP contribution < -0.4 is 10.1 Å². The number of rotatable bonds is 7. The Labute approximate surface area is 198 Å². The molecule has 2 aliphatic heterocycles. The lowest BCUT2D eigenvalue weighted by molar-refractivity contribution is -0.0707. The fourth-order valence-electron chi connectivity index (χ4n) is 4.34. The predicted molar refractivity (Wildman–Crippen MR) is 126 cm³/mol. The number of anilines is 1. The van der Waals surface area contributed by atoms with Gasteiger partial charge in [0, 0.05) is 43.7 Å². The molecular weight excluding hydrogens is 464 g/mol. The number of hydrogen-bond acceptors (Lipinski definition) is 8. The van der Waals surface area contributed by atoms with Crippen molar-refractivity contribution in [1.82, 2.24) is 14.2 Å². The molecule has 11 heteroatoms. The summed E-state index contributed by atoms with van der Waals surface area (Å²) < 4.78 is 38.6. The summed E-state index contributed by atoms with van der Waals surface area (Å²) in [4.78, 5) is 19.7. The highest BCUT2D eigenvalue weighted by Crippen LogP contribution is 2.30. The van der Waals surface area contributed by atoms with E-state index in [4.69, 9.17) is 9.47 Å². The summed E-state index contributed by atoms with van der Waals surface area (Å²) in [7, 11) is -2.31. The average molecular weight is 495 g/mol. The van der Waals surface area contributed by atoms with Crippen LogP contribution in [0.1, 0.15) is 42.7 Å². The molecule has 180 valence electrons. The molecular formula is C22H30N4O5S2. The van der Waals surface area contributed by atoms with E-state index in [-0.39, 0.29) is 28.4 Å². The zero-order valence-electron chi connectivity index (χ0n) is 19.1. The van der Waals surface area contributed by atoms with Crippen LogP contribution in [0.5, 0.6) is 5.75 Å². The van der Waals surface area contributed by atoms with Gasteiger partial charge in [0.1, 0.15) is 10.6 Å². The minimum Gasteiger partial charge on any atom is -0.495 e. The molecule has 2 aromatic rings. The molecule has 1 amide bonds. The van der Waals surface area contributed by atoms with Gasteiger partial charge in [-0.15, -0.1) is 11.3 Å². The lowest BCUT2D eigenvalue weighted by Gasteiger charge is -2.34. The first-order valence-electron chi connectivity index (χ1n) is 11.1. The lowest BCUT2D eigenvalue weighted by Crippen LogP contribution is -2.44. The third kappa shape index (κ3) is 5.55. The van der Waals surface area contributed by atoms with Crippen LogP contribution in [0.2, 0.25) is 0 Å². The number of nitrogens with one attached hydrogen (secondary N) is 1. The molecule has 1 aromatic carbocycles. The molecule has 2 fully saturated rings. The number of aromatic nitrogens is 1. The Morgan fingerprint density at radius 2 is 1.94 bits per heavy atom. The fraction of sp³-hybridized carbons (Fsp3) is 0.545. The molecule has 0 spiro atoms. The van der Waals surface area contributed by atoms with Gasteiger partial charge in [-0.05, 0) is 44.9 Å². The normalized spacial score (nSPS) is 22.4. The van der Waals surface area contributed by atoms with E-state index >= 15 is 0 Å². The number of methoxy groups -OCH3 is 1.